The minimum Gasteiger partial charge on any atom is -0.346 e. The average Bonchev–Trinajstić information content (AvgIpc) is 3.08. The summed E-state index contributed by atoms with van der Waals surface area (Å²) in [5, 5.41) is 2.97. The zero-order chi connectivity index (χ0) is 17.6. The van der Waals surface area contributed by atoms with Gasteiger partial charge >= 0.3 is 0 Å². The number of imidazole rings is 1. The number of benzene rings is 2. The fraction of sp³-hybridized carbons (Fsp3) is 0.250. The third-order valence-electron chi connectivity index (χ3n) is 4.16. The van der Waals surface area contributed by atoms with E-state index in [1.165, 1.54) is 0 Å². The fourth-order valence-corrected chi connectivity index (χ4v) is 2.76. The molecule has 0 fully saturated rings. The highest BCUT2D eigenvalue weighted by molar-refractivity contribution is 5.97. The van der Waals surface area contributed by atoms with Gasteiger partial charge in [0.2, 0.25) is 5.91 Å². The number of aromatic nitrogens is 2. The van der Waals surface area contributed by atoms with E-state index in [9.17, 15) is 9.59 Å². The molecule has 128 valence electrons. The molecule has 0 aliphatic rings. The first kappa shape index (κ1) is 16.9. The van der Waals surface area contributed by atoms with Gasteiger partial charge < -0.3 is 10.3 Å². The van der Waals surface area contributed by atoms with Gasteiger partial charge in [0.15, 0.2) is 5.78 Å². The summed E-state index contributed by atoms with van der Waals surface area (Å²) in [6, 6.07) is 16.6. The molecule has 1 aromatic heterocycles. The number of carbonyl (C=O) groups excluding carboxylic acids is 2. The van der Waals surface area contributed by atoms with E-state index >= 15 is 0 Å². The number of fused-ring (bicyclic) bond motifs is 1. The first-order valence-corrected chi connectivity index (χ1v) is 8.49. The lowest BCUT2D eigenvalue weighted by Crippen LogP contribution is -2.29. The van der Waals surface area contributed by atoms with Crippen LogP contribution in [0.15, 0.2) is 54.6 Å². The molecule has 0 saturated heterocycles. The van der Waals surface area contributed by atoms with Crippen molar-refractivity contribution < 1.29 is 9.59 Å². The molecule has 1 amide bonds. The van der Waals surface area contributed by atoms with E-state index in [4.69, 9.17) is 0 Å². The predicted octanol–water partition coefficient (Wildman–Crippen LogP) is 3.79. The maximum atomic E-state index is 12.2. The Balaban J connectivity index is 1.59. The van der Waals surface area contributed by atoms with E-state index in [0.717, 1.165) is 23.3 Å². The van der Waals surface area contributed by atoms with Crippen molar-refractivity contribution in [3.05, 3.63) is 66.0 Å². The smallest absolute Gasteiger partial charge is 0.221 e. The Bertz CT molecular complexity index is 838. The first-order chi connectivity index (χ1) is 12.2. The molecule has 3 rings (SSSR count). The molecule has 0 radical (unpaired) electrons. The van der Waals surface area contributed by atoms with Crippen LogP contribution in [-0.4, -0.2) is 21.7 Å². The SMILES string of the molecule is CC[C@@H](NC(=O)CCC(=O)c1ccccc1)c1nc2ccccc2[nH]1. The van der Waals surface area contributed by atoms with Gasteiger partial charge in [-0.05, 0) is 18.6 Å². The number of carbonyl (C=O) groups is 2. The van der Waals surface area contributed by atoms with Crippen molar-refractivity contribution in [3.63, 3.8) is 0 Å². The van der Waals surface area contributed by atoms with E-state index in [0.29, 0.717) is 5.56 Å². The number of amides is 1. The Labute approximate surface area is 146 Å². The second-order valence-electron chi connectivity index (χ2n) is 5.96. The Morgan fingerprint density at radius 2 is 1.76 bits per heavy atom. The number of ketones is 1. The summed E-state index contributed by atoms with van der Waals surface area (Å²) in [5.41, 5.74) is 2.47. The van der Waals surface area contributed by atoms with Crippen molar-refractivity contribution in [2.24, 2.45) is 0 Å². The van der Waals surface area contributed by atoms with Gasteiger partial charge in [0.05, 0.1) is 17.1 Å². The maximum absolute atomic E-state index is 12.2. The number of aromatic amines is 1. The Morgan fingerprint density at radius 1 is 1.04 bits per heavy atom. The summed E-state index contributed by atoms with van der Waals surface area (Å²) in [6.45, 7) is 1.99. The third kappa shape index (κ3) is 4.12. The summed E-state index contributed by atoms with van der Waals surface area (Å²) in [7, 11) is 0. The number of nitrogens with zero attached hydrogens (tertiary/aromatic N) is 1. The summed E-state index contributed by atoms with van der Waals surface area (Å²) in [5.74, 6) is 0.579. The van der Waals surface area contributed by atoms with Crippen molar-refractivity contribution in [3.8, 4) is 0 Å². The van der Waals surface area contributed by atoms with Crippen LogP contribution in [0.1, 0.15) is 48.4 Å². The molecule has 5 heteroatoms. The van der Waals surface area contributed by atoms with Gasteiger partial charge in [0.1, 0.15) is 5.82 Å². The highest BCUT2D eigenvalue weighted by Crippen LogP contribution is 2.18. The lowest BCUT2D eigenvalue weighted by atomic mass is 10.1. The molecule has 0 aliphatic heterocycles. The van der Waals surface area contributed by atoms with Crippen molar-refractivity contribution in [1.82, 2.24) is 15.3 Å². The van der Waals surface area contributed by atoms with E-state index < -0.39 is 0 Å². The van der Waals surface area contributed by atoms with Gasteiger partial charge in [-0.25, -0.2) is 4.98 Å². The monoisotopic (exact) mass is 335 g/mol. The van der Waals surface area contributed by atoms with E-state index in [1.807, 2.05) is 49.4 Å². The molecule has 1 heterocycles. The lowest BCUT2D eigenvalue weighted by Gasteiger charge is -2.14. The van der Waals surface area contributed by atoms with Gasteiger partial charge in [0.25, 0.3) is 0 Å². The summed E-state index contributed by atoms with van der Waals surface area (Å²) >= 11 is 0. The average molecular weight is 335 g/mol. The number of hydrogen-bond donors (Lipinski definition) is 2. The van der Waals surface area contributed by atoms with Gasteiger partial charge in [-0.15, -0.1) is 0 Å². The fourth-order valence-electron chi connectivity index (χ4n) is 2.76. The molecule has 1 atom stereocenters. The van der Waals surface area contributed by atoms with Gasteiger partial charge in [0, 0.05) is 18.4 Å². The molecule has 0 bridgehead atoms. The van der Waals surface area contributed by atoms with Crippen LogP contribution in [0.5, 0.6) is 0 Å². The molecular weight excluding hydrogens is 314 g/mol. The largest absolute Gasteiger partial charge is 0.346 e. The first-order valence-electron chi connectivity index (χ1n) is 8.49. The quantitative estimate of drug-likeness (QED) is 0.645. The van der Waals surface area contributed by atoms with Crippen LogP contribution in [0.3, 0.4) is 0 Å². The molecule has 0 spiro atoms. The minimum absolute atomic E-state index is 0.0208. The van der Waals surface area contributed by atoms with Crippen LogP contribution in [0.4, 0.5) is 0 Å². The standard InChI is InChI=1S/C20H21N3O2/c1-2-15(20-22-16-10-6-7-11-17(16)23-20)21-19(25)13-12-18(24)14-8-4-3-5-9-14/h3-11,15H,2,12-13H2,1H3,(H,21,25)(H,22,23)/t15-/m1/s1. The number of H-pyrrole nitrogens is 1. The van der Waals surface area contributed by atoms with Crippen LogP contribution < -0.4 is 5.32 Å². The van der Waals surface area contributed by atoms with Gasteiger partial charge in [-0.1, -0.05) is 49.4 Å². The highest BCUT2D eigenvalue weighted by Gasteiger charge is 2.17. The highest BCUT2D eigenvalue weighted by atomic mass is 16.2. The number of nitrogens with one attached hydrogen (secondary N) is 2. The van der Waals surface area contributed by atoms with E-state index in [-0.39, 0.29) is 30.6 Å². The molecule has 3 aromatic rings. The van der Waals surface area contributed by atoms with E-state index in [1.54, 1.807) is 12.1 Å². The predicted molar refractivity (Wildman–Crippen MR) is 97.3 cm³/mol. The van der Waals surface area contributed by atoms with Crippen LogP contribution in [0, 0.1) is 0 Å². The molecular formula is C20H21N3O2. The number of Topliss-reactive ketones (excluding diaryl/α,β-unsaturated/α-hetero) is 1. The molecule has 25 heavy (non-hydrogen) atoms. The zero-order valence-corrected chi connectivity index (χ0v) is 14.2. The van der Waals surface area contributed by atoms with E-state index in [2.05, 4.69) is 15.3 Å². The molecule has 2 N–H and O–H groups in total. The normalized spacial score (nSPS) is 12.0. The molecule has 0 aliphatic carbocycles. The Morgan fingerprint density at radius 3 is 2.48 bits per heavy atom. The second-order valence-corrected chi connectivity index (χ2v) is 5.96. The topological polar surface area (TPSA) is 74.8 Å². The van der Waals surface area contributed by atoms with Crippen LogP contribution in [0.25, 0.3) is 11.0 Å². The number of para-hydroxylation sites is 2. The molecule has 5 nitrogen and oxygen atoms in total. The summed E-state index contributed by atoms with van der Waals surface area (Å²) in [4.78, 5) is 32.1. The van der Waals surface area contributed by atoms with Crippen LogP contribution >= 0.6 is 0 Å². The third-order valence-corrected chi connectivity index (χ3v) is 4.16. The van der Waals surface area contributed by atoms with Gasteiger partial charge in [-0.3, -0.25) is 9.59 Å². The molecule has 0 unspecified atom stereocenters. The number of hydrogen-bond acceptors (Lipinski definition) is 3. The molecule has 0 saturated carbocycles. The van der Waals surface area contributed by atoms with Crippen molar-refractivity contribution in [1.29, 1.82) is 0 Å². The van der Waals surface area contributed by atoms with Crippen molar-refractivity contribution in [2.75, 3.05) is 0 Å². The van der Waals surface area contributed by atoms with Crippen LogP contribution in [-0.2, 0) is 4.79 Å². The van der Waals surface area contributed by atoms with Gasteiger partial charge in [-0.2, -0.15) is 0 Å². The minimum atomic E-state index is -0.188. The summed E-state index contributed by atoms with van der Waals surface area (Å²) in [6.07, 6.45) is 1.09. The van der Waals surface area contributed by atoms with Crippen LogP contribution in [0.2, 0.25) is 0 Å². The Hall–Kier alpha value is -2.95. The Kier molecular flexibility index (Phi) is 5.23. The maximum Gasteiger partial charge on any atom is 0.221 e. The number of rotatable bonds is 7. The summed E-state index contributed by atoms with van der Waals surface area (Å²) < 4.78 is 0. The molecule has 2 aromatic carbocycles. The lowest BCUT2D eigenvalue weighted by molar-refractivity contribution is -0.121. The van der Waals surface area contributed by atoms with Crippen molar-refractivity contribution >= 4 is 22.7 Å². The van der Waals surface area contributed by atoms with Crippen molar-refractivity contribution in [2.45, 2.75) is 32.2 Å². The second kappa shape index (κ2) is 7.75. The zero-order valence-electron chi connectivity index (χ0n) is 14.2.